The summed E-state index contributed by atoms with van der Waals surface area (Å²) in [4.78, 5) is 4.24. The fourth-order valence-corrected chi connectivity index (χ4v) is 1.65. The lowest BCUT2D eigenvalue weighted by molar-refractivity contribution is 0.0369. The Bertz CT molecular complexity index is 207. The molecule has 1 heterocycles. The second-order valence-electron chi connectivity index (χ2n) is 4.45. The minimum atomic E-state index is -0.0409. The van der Waals surface area contributed by atoms with Crippen LogP contribution in [-0.4, -0.2) is 30.8 Å². The van der Waals surface area contributed by atoms with Gasteiger partial charge in [-0.15, -0.1) is 0 Å². The van der Waals surface area contributed by atoms with Crippen LogP contribution in [0.5, 0.6) is 0 Å². The molecule has 0 aromatic rings. The van der Waals surface area contributed by atoms with Gasteiger partial charge in [0.1, 0.15) is 0 Å². The van der Waals surface area contributed by atoms with Crippen LogP contribution in [0.4, 0.5) is 0 Å². The van der Waals surface area contributed by atoms with E-state index in [1.807, 2.05) is 13.8 Å². The molecule has 1 fully saturated rings. The first-order valence-corrected chi connectivity index (χ1v) is 5.21. The maximum Gasteiger partial charge on any atom is 0.189 e. The molecule has 1 unspecified atom stereocenters. The molecule has 1 saturated heterocycles. The summed E-state index contributed by atoms with van der Waals surface area (Å²) in [5, 5.41) is 3.23. The molecule has 0 amide bonds. The standard InChI is InChI=1S/C10H21N3O/c1-8(2)12-9(11)13-10(3)5-4-6-14-7-10/h8H,4-7H2,1-3H3,(H3,11,12,13). The first kappa shape index (κ1) is 11.3. The van der Waals surface area contributed by atoms with E-state index in [4.69, 9.17) is 10.5 Å². The van der Waals surface area contributed by atoms with Crippen LogP contribution in [0.25, 0.3) is 0 Å². The molecule has 4 heteroatoms. The van der Waals surface area contributed by atoms with Crippen molar-refractivity contribution < 1.29 is 4.74 Å². The van der Waals surface area contributed by atoms with E-state index in [1.54, 1.807) is 0 Å². The van der Waals surface area contributed by atoms with Gasteiger partial charge in [-0.1, -0.05) is 0 Å². The van der Waals surface area contributed by atoms with Crippen LogP contribution in [0.3, 0.4) is 0 Å². The molecule has 0 spiro atoms. The molecular formula is C10H21N3O. The van der Waals surface area contributed by atoms with Gasteiger partial charge in [0.25, 0.3) is 0 Å². The zero-order valence-electron chi connectivity index (χ0n) is 9.34. The normalized spacial score (nSPS) is 29.3. The third kappa shape index (κ3) is 3.54. The van der Waals surface area contributed by atoms with Gasteiger partial charge < -0.3 is 15.8 Å². The second-order valence-corrected chi connectivity index (χ2v) is 4.45. The minimum Gasteiger partial charge on any atom is -0.379 e. The van der Waals surface area contributed by atoms with Gasteiger partial charge in [-0.2, -0.15) is 0 Å². The van der Waals surface area contributed by atoms with Crippen molar-refractivity contribution in [3.8, 4) is 0 Å². The van der Waals surface area contributed by atoms with Gasteiger partial charge in [-0.3, -0.25) is 4.99 Å². The molecule has 14 heavy (non-hydrogen) atoms. The van der Waals surface area contributed by atoms with Crippen molar-refractivity contribution in [2.75, 3.05) is 13.2 Å². The number of nitrogens with zero attached hydrogens (tertiary/aromatic N) is 1. The molecule has 0 saturated carbocycles. The lowest BCUT2D eigenvalue weighted by Gasteiger charge is -2.34. The first-order valence-electron chi connectivity index (χ1n) is 5.21. The number of nitrogens with two attached hydrogens (primary N) is 1. The summed E-state index contributed by atoms with van der Waals surface area (Å²) in [5.74, 6) is 0.521. The van der Waals surface area contributed by atoms with Crippen molar-refractivity contribution in [3.05, 3.63) is 0 Å². The van der Waals surface area contributed by atoms with E-state index in [0.717, 1.165) is 19.4 Å². The predicted molar refractivity (Wildman–Crippen MR) is 58.4 cm³/mol. The van der Waals surface area contributed by atoms with Crippen molar-refractivity contribution in [1.29, 1.82) is 0 Å². The number of ether oxygens (including phenoxy) is 1. The average Bonchev–Trinajstić information content (AvgIpc) is 2.02. The summed E-state index contributed by atoms with van der Waals surface area (Å²) < 4.78 is 5.42. The number of nitrogens with one attached hydrogen (secondary N) is 1. The Morgan fingerprint density at radius 3 is 2.79 bits per heavy atom. The van der Waals surface area contributed by atoms with Gasteiger partial charge in [-0.25, -0.2) is 0 Å². The fraction of sp³-hybridized carbons (Fsp3) is 0.900. The monoisotopic (exact) mass is 199 g/mol. The maximum atomic E-state index is 5.77. The zero-order valence-corrected chi connectivity index (χ0v) is 9.34. The Morgan fingerprint density at radius 2 is 2.29 bits per heavy atom. The SMILES string of the molecule is CC(C)N=C(N)NC1(C)CCCOC1. The predicted octanol–water partition coefficient (Wildman–Crippen LogP) is 0.868. The van der Waals surface area contributed by atoms with Crippen LogP contribution in [0.1, 0.15) is 33.6 Å². The Labute approximate surface area is 85.9 Å². The number of guanidine groups is 1. The summed E-state index contributed by atoms with van der Waals surface area (Å²) in [6.07, 6.45) is 2.17. The molecular weight excluding hydrogens is 178 g/mol. The molecule has 1 aliphatic rings. The van der Waals surface area contributed by atoms with Gasteiger partial charge in [0.15, 0.2) is 5.96 Å². The van der Waals surface area contributed by atoms with Crippen LogP contribution in [0, 0.1) is 0 Å². The summed E-state index contributed by atoms with van der Waals surface area (Å²) >= 11 is 0. The Kier molecular flexibility index (Phi) is 3.75. The Balaban J connectivity index is 2.48. The van der Waals surface area contributed by atoms with Crippen LogP contribution in [-0.2, 0) is 4.74 Å². The topological polar surface area (TPSA) is 59.6 Å². The second kappa shape index (κ2) is 4.64. The lowest BCUT2D eigenvalue weighted by Crippen LogP contribution is -2.54. The molecule has 0 aromatic heterocycles. The number of hydrogen-bond donors (Lipinski definition) is 2. The van der Waals surface area contributed by atoms with Crippen molar-refractivity contribution in [2.45, 2.75) is 45.2 Å². The van der Waals surface area contributed by atoms with E-state index in [1.165, 1.54) is 0 Å². The van der Waals surface area contributed by atoms with Gasteiger partial charge in [-0.05, 0) is 33.6 Å². The Morgan fingerprint density at radius 1 is 1.57 bits per heavy atom. The Hall–Kier alpha value is -0.770. The van der Waals surface area contributed by atoms with E-state index in [2.05, 4.69) is 17.2 Å². The maximum absolute atomic E-state index is 5.77. The smallest absolute Gasteiger partial charge is 0.189 e. The van der Waals surface area contributed by atoms with Crippen molar-refractivity contribution in [2.24, 2.45) is 10.7 Å². The van der Waals surface area contributed by atoms with E-state index >= 15 is 0 Å². The molecule has 0 radical (unpaired) electrons. The molecule has 0 aliphatic carbocycles. The minimum absolute atomic E-state index is 0.0409. The van der Waals surface area contributed by atoms with Crippen LogP contribution < -0.4 is 11.1 Å². The van der Waals surface area contributed by atoms with E-state index in [0.29, 0.717) is 12.6 Å². The number of hydrogen-bond acceptors (Lipinski definition) is 2. The van der Waals surface area contributed by atoms with Crippen molar-refractivity contribution in [3.63, 3.8) is 0 Å². The average molecular weight is 199 g/mol. The number of rotatable bonds is 2. The number of aliphatic imine (C=N–C) groups is 1. The highest BCUT2D eigenvalue weighted by Gasteiger charge is 2.27. The van der Waals surface area contributed by atoms with Crippen LogP contribution in [0.15, 0.2) is 4.99 Å². The molecule has 1 aliphatic heterocycles. The summed E-state index contributed by atoms with van der Waals surface area (Å²) in [5.41, 5.74) is 5.73. The highest BCUT2D eigenvalue weighted by atomic mass is 16.5. The van der Waals surface area contributed by atoms with Gasteiger partial charge in [0.05, 0.1) is 12.1 Å². The summed E-state index contributed by atoms with van der Waals surface area (Å²) in [6, 6.07) is 0.232. The highest BCUT2D eigenvalue weighted by Crippen LogP contribution is 2.17. The lowest BCUT2D eigenvalue weighted by atomic mass is 9.95. The molecule has 1 rings (SSSR count). The van der Waals surface area contributed by atoms with Crippen LogP contribution >= 0.6 is 0 Å². The molecule has 0 aromatic carbocycles. The highest BCUT2D eigenvalue weighted by molar-refractivity contribution is 5.78. The third-order valence-electron chi connectivity index (χ3n) is 2.26. The van der Waals surface area contributed by atoms with Crippen LogP contribution in [0.2, 0.25) is 0 Å². The van der Waals surface area contributed by atoms with E-state index in [-0.39, 0.29) is 11.6 Å². The van der Waals surface area contributed by atoms with Gasteiger partial charge in [0, 0.05) is 12.6 Å². The fourth-order valence-electron chi connectivity index (χ4n) is 1.65. The van der Waals surface area contributed by atoms with Gasteiger partial charge in [0.2, 0.25) is 0 Å². The summed E-state index contributed by atoms with van der Waals surface area (Å²) in [7, 11) is 0. The van der Waals surface area contributed by atoms with E-state index < -0.39 is 0 Å². The summed E-state index contributed by atoms with van der Waals surface area (Å²) in [6.45, 7) is 7.71. The van der Waals surface area contributed by atoms with Crippen molar-refractivity contribution in [1.82, 2.24) is 5.32 Å². The third-order valence-corrected chi connectivity index (χ3v) is 2.26. The molecule has 0 bridgehead atoms. The van der Waals surface area contributed by atoms with E-state index in [9.17, 15) is 0 Å². The van der Waals surface area contributed by atoms with Gasteiger partial charge >= 0.3 is 0 Å². The molecule has 1 atom stereocenters. The van der Waals surface area contributed by atoms with Crippen molar-refractivity contribution >= 4 is 5.96 Å². The molecule has 82 valence electrons. The zero-order chi connectivity index (χ0) is 10.6. The molecule has 4 nitrogen and oxygen atoms in total. The molecule has 3 N–H and O–H groups in total. The quantitative estimate of drug-likeness (QED) is 0.512. The largest absolute Gasteiger partial charge is 0.379 e. The first-order chi connectivity index (χ1) is 6.52.